The van der Waals surface area contributed by atoms with Crippen molar-refractivity contribution in [3.05, 3.63) is 106 Å². The van der Waals surface area contributed by atoms with Gasteiger partial charge in [-0.05, 0) is 61.6 Å². The third-order valence-electron chi connectivity index (χ3n) is 9.64. The van der Waals surface area contributed by atoms with Crippen LogP contribution in [0.15, 0.2) is 94.9 Å². The minimum absolute atomic E-state index is 0.00529. The molecule has 2 fully saturated rings. The second-order valence-electron chi connectivity index (χ2n) is 12.3. The Labute approximate surface area is 246 Å². The topological polar surface area (TPSA) is 104 Å². The van der Waals surface area contributed by atoms with Crippen LogP contribution in [0.4, 0.5) is 5.69 Å². The zero-order chi connectivity index (χ0) is 29.8. The molecule has 0 saturated heterocycles. The van der Waals surface area contributed by atoms with Crippen molar-refractivity contribution in [3.63, 3.8) is 0 Å². The fourth-order valence-electron chi connectivity index (χ4n) is 7.92. The molecule has 8 heteroatoms. The lowest BCUT2D eigenvalue weighted by molar-refractivity contribution is -0.384. The monoisotopic (exact) mass is 585 g/mol. The highest BCUT2D eigenvalue weighted by Crippen LogP contribution is 2.66. The zero-order valence-electron chi connectivity index (χ0n) is 24.0. The first-order valence-electron chi connectivity index (χ1n) is 14.6. The van der Waals surface area contributed by atoms with Gasteiger partial charge in [-0.2, -0.15) is 0 Å². The van der Waals surface area contributed by atoms with E-state index in [1.54, 1.807) is 24.3 Å². The number of nitrogens with zero attached hydrogens (tertiary/aromatic N) is 1. The maximum absolute atomic E-state index is 14.1. The molecule has 0 aromatic heterocycles. The Balaban J connectivity index is 1.31. The Hall–Kier alpha value is -3.78. The highest BCUT2D eigenvalue weighted by atomic mass is 32.2. The van der Waals surface area contributed by atoms with E-state index in [0.29, 0.717) is 12.8 Å². The highest BCUT2D eigenvalue weighted by Gasteiger charge is 2.63. The number of ether oxygens (including phenoxy) is 1. The van der Waals surface area contributed by atoms with Crippen LogP contribution >= 0.6 is 0 Å². The molecule has 0 amide bonds. The van der Waals surface area contributed by atoms with E-state index in [2.05, 4.69) is 19.1 Å². The predicted octanol–water partition coefficient (Wildman–Crippen LogP) is 7.32. The number of fused-ring (bicyclic) bond motifs is 2. The summed E-state index contributed by atoms with van der Waals surface area (Å²) in [6.45, 7) is 6.19. The van der Waals surface area contributed by atoms with Crippen LogP contribution in [0.2, 0.25) is 0 Å². The smallest absolute Gasteiger partial charge is 0.310 e. The number of carbonyl (C=O) groups is 1. The Morgan fingerprint density at radius 2 is 1.64 bits per heavy atom. The molecule has 3 aliphatic carbocycles. The molecule has 0 bridgehead atoms. The maximum atomic E-state index is 14.1. The van der Waals surface area contributed by atoms with E-state index in [-0.39, 0.29) is 27.8 Å². The molecule has 3 aromatic rings. The summed E-state index contributed by atoms with van der Waals surface area (Å²) in [5, 5.41) is 12.3. The highest BCUT2D eigenvalue weighted by molar-refractivity contribution is 7.92. The van der Waals surface area contributed by atoms with Crippen LogP contribution in [0.5, 0.6) is 0 Å². The number of allylic oxidation sites excluding steroid dienone is 4. The summed E-state index contributed by atoms with van der Waals surface area (Å²) in [5.41, 5.74) is 2.66. The van der Waals surface area contributed by atoms with Crippen LogP contribution in [0.1, 0.15) is 57.9 Å². The molecule has 218 valence electrons. The van der Waals surface area contributed by atoms with Crippen molar-refractivity contribution < 1.29 is 22.9 Å². The fourth-order valence-corrected chi connectivity index (χ4v) is 9.88. The standard InChI is InChI=1S/C34H35NO6S/c1-21-18-22(2)31-30(32(34(31,3)20-21)24-12-15-26(16-13-24)35(37)38)33(36)41-28-10-6-7-11-29(28)42(39,40)27-17-14-23-8-4-5-9-25(23)19-27/h4-5,8-9,12-20,28-32H,6-7,10-11H2,1-3H3/t28-,29-,30+,31+,32-,34+/m1/s1. The van der Waals surface area contributed by atoms with Crippen LogP contribution in [0.25, 0.3) is 10.8 Å². The number of nitro groups is 1. The first kappa shape index (κ1) is 28.3. The molecule has 0 radical (unpaired) electrons. The average molecular weight is 586 g/mol. The largest absolute Gasteiger partial charge is 0.461 e. The normalized spacial score (nSPS) is 29.1. The second kappa shape index (κ2) is 10.5. The van der Waals surface area contributed by atoms with Crippen LogP contribution in [-0.2, 0) is 19.4 Å². The van der Waals surface area contributed by atoms with E-state index in [0.717, 1.165) is 40.3 Å². The summed E-state index contributed by atoms with van der Waals surface area (Å²) in [6, 6.07) is 19.3. The quantitative estimate of drug-likeness (QED) is 0.171. The minimum atomic E-state index is -3.76. The van der Waals surface area contributed by atoms with Crippen molar-refractivity contribution in [2.45, 2.75) is 68.6 Å². The van der Waals surface area contributed by atoms with Crippen molar-refractivity contribution in [2.24, 2.45) is 17.3 Å². The molecule has 0 heterocycles. The maximum Gasteiger partial charge on any atom is 0.310 e. The Kier molecular flexibility index (Phi) is 7.08. The molecule has 3 aliphatic rings. The minimum Gasteiger partial charge on any atom is -0.461 e. The van der Waals surface area contributed by atoms with Gasteiger partial charge >= 0.3 is 5.97 Å². The van der Waals surface area contributed by atoms with Crippen LogP contribution in [0, 0.1) is 27.4 Å². The first-order chi connectivity index (χ1) is 20.0. The van der Waals surface area contributed by atoms with Crippen LogP contribution in [0.3, 0.4) is 0 Å². The molecule has 42 heavy (non-hydrogen) atoms. The SMILES string of the molecule is CC1=C[C@]2(C)[C@H](c3ccc([N+](=O)[O-])cc3)[C@@H](C(=O)O[C@@H]3CCCC[C@H]3S(=O)(=O)c3ccc4ccccc4c3)[C@@H]2C(C)=C1. The Morgan fingerprint density at radius 1 is 0.952 bits per heavy atom. The average Bonchev–Trinajstić information content (AvgIpc) is 2.95. The fraction of sp³-hybridized carbons (Fsp3) is 0.382. The molecule has 0 N–H and O–H groups in total. The molecule has 6 atom stereocenters. The lowest BCUT2D eigenvalue weighted by Crippen LogP contribution is -2.58. The third-order valence-corrected chi connectivity index (χ3v) is 11.9. The number of non-ortho nitro benzene ring substituents is 1. The molecular weight excluding hydrogens is 550 g/mol. The van der Waals surface area contributed by atoms with E-state index in [9.17, 15) is 23.3 Å². The van der Waals surface area contributed by atoms with Crippen molar-refractivity contribution in [3.8, 4) is 0 Å². The molecular formula is C34H35NO6S. The lowest BCUT2D eigenvalue weighted by atomic mass is 9.42. The third kappa shape index (κ3) is 4.66. The van der Waals surface area contributed by atoms with Gasteiger partial charge in [0, 0.05) is 29.4 Å². The first-order valence-corrected chi connectivity index (χ1v) is 16.1. The van der Waals surface area contributed by atoms with Crippen molar-refractivity contribution in [2.75, 3.05) is 0 Å². The van der Waals surface area contributed by atoms with Gasteiger partial charge in [-0.15, -0.1) is 0 Å². The number of nitro benzene ring substituents is 1. The van der Waals surface area contributed by atoms with Gasteiger partial charge in [0.1, 0.15) is 11.4 Å². The molecule has 0 aliphatic heterocycles. The van der Waals surface area contributed by atoms with Gasteiger partial charge in [-0.1, -0.05) is 79.1 Å². The van der Waals surface area contributed by atoms with E-state index in [1.165, 1.54) is 12.1 Å². The number of benzene rings is 3. The van der Waals surface area contributed by atoms with Gasteiger partial charge in [0.25, 0.3) is 5.69 Å². The van der Waals surface area contributed by atoms with Gasteiger partial charge in [0.15, 0.2) is 9.84 Å². The summed E-state index contributed by atoms with van der Waals surface area (Å²) in [6.07, 6.45) is 6.02. The van der Waals surface area contributed by atoms with Gasteiger partial charge in [-0.3, -0.25) is 14.9 Å². The van der Waals surface area contributed by atoms with E-state index >= 15 is 0 Å². The Morgan fingerprint density at radius 3 is 2.36 bits per heavy atom. The molecule has 2 saturated carbocycles. The van der Waals surface area contributed by atoms with Crippen molar-refractivity contribution >= 4 is 32.3 Å². The molecule has 7 nitrogen and oxygen atoms in total. The number of hydrogen-bond donors (Lipinski definition) is 0. The van der Waals surface area contributed by atoms with Gasteiger partial charge < -0.3 is 4.74 Å². The molecule has 6 rings (SSSR count). The van der Waals surface area contributed by atoms with Gasteiger partial charge in [0.2, 0.25) is 0 Å². The second-order valence-corrected chi connectivity index (χ2v) is 14.5. The number of carbonyl (C=O) groups excluding carboxylic acids is 1. The number of sulfone groups is 1. The summed E-state index contributed by atoms with van der Waals surface area (Å²) in [7, 11) is -3.76. The predicted molar refractivity (Wildman–Crippen MR) is 162 cm³/mol. The summed E-state index contributed by atoms with van der Waals surface area (Å²) < 4.78 is 34.1. The number of rotatable bonds is 6. The van der Waals surface area contributed by atoms with Gasteiger partial charge in [0.05, 0.1) is 15.7 Å². The number of esters is 1. The summed E-state index contributed by atoms with van der Waals surface area (Å²) in [5.74, 6) is -1.28. The molecule has 0 spiro atoms. The summed E-state index contributed by atoms with van der Waals surface area (Å²) in [4.78, 5) is 25.2. The van der Waals surface area contributed by atoms with E-state index in [4.69, 9.17) is 4.74 Å². The van der Waals surface area contributed by atoms with Crippen molar-refractivity contribution in [1.29, 1.82) is 0 Å². The summed E-state index contributed by atoms with van der Waals surface area (Å²) >= 11 is 0. The Bertz CT molecular complexity index is 1740. The van der Waals surface area contributed by atoms with E-state index < -0.39 is 38.0 Å². The van der Waals surface area contributed by atoms with Crippen LogP contribution < -0.4 is 0 Å². The zero-order valence-corrected chi connectivity index (χ0v) is 24.8. The van der Waals surface area contributed by atoms with Crippen molar-refractivity contribution in [1.82, 2.24) is 0 Å². The lowest BCUT2D eigenvalue weighted by Gasteiger charge is -2.60. The molecule has 0 unspecified atom stereocenters. The van der Waals surface area contributed by atoms with E-state index in [1.807, 2.05) is 44.2 Å². The number of hydrogen-bond acceptors (Lipinski definition) is 6. The van der Waals surface area contributed by atoms with Gasteiger partial charge in [-0.25, -0.2) is 8.42 Å². The van der Waals surface area contributed by atoms with Crippen LogP contribution in [-0.4, -0.2) is 30.7 Å². The molecule has 3 aromatic carbocycles.